The van der Waals surface area contributed by atoms with E-state index in [-0.39, 0.29) is 23.8 Å². The van der Waals surface area contributed by atoms with E-state index in [1.807, 2.05) is 0 Å². The van der Waals surface area contributed by atoms with Crippen LogP contribution >= 0.6 is 0 Å². The molecular formula is C27H28F3N5O4. The van der Waals surface area contributed by atoms with Crippen molar-refractivity contribution in [2.45, 2.75) is 12.6 Å². The van der Waals surface area contributed by atoms with Crippen molar-refractivity contribution in [1.82, 2.24) is 15.3 Å². The van der Waals surface area contributed by atoms with Gasteiger partial charge in [-0.25, -0.2) is 4.98 Å². The minimum Gasteiger partial charge on any atom is -0.493 e. The number of ether oxygens (including phenoxy) is 3. The van der Waals surface area contributed by atoms with Crippen LogP contribution in [0.5, 0.6) is 17.2 Å². The summed E-state index contributed by atoms with van der Waals surface area (Å²) in [6, 6.07) is 9.25. The Bertz CT molecular complexity index is 1330. The summed E-state index contributed by atoms with van der Waals surface area (Å²) in [4.78, 5) is 20.4. The monoisotopic (exact) mass is 543 g/mol. The van der Waals surface area contributed by atoms with Crippen LogP contribution in [0.1, 0.15) is 22.3 Å². The number of hydrogen-bond acceptors (Lipinski definition) is 8. The van der Waals surface area contributed by atoms with Crippen LogP contribution in [0.25, 0.3) is 0 Å². The van der Waals surface area contributed by atoms with Crippen molar-refractivity contribution in [3.05, 3.63) is 79.0 Å². The van der Waals surface area contributed by atoms with Crippen molar-refractivity contribution in [2.24, 2.45) is 0 Å². The second-order valence-electron chi connectivity index (χ2n) is 7.88. The lowest BCUT2D eigenvalue weighted by molar-refractivity contribution is -0.137. The summed E-state index contributed by atoms with van der Waals surface area (Å²) in [5.41, 5.74) is -0.529. The fraction of sp³-hybridized carbons (Fsp3) is 0.222. The number of alkyl halides is 3. The molecule has 0 atom stereocenters. The summed E-state index contributed by atoms with van der Waals surface area (Å²) in [6.07, 6.45) is -0.299. The van der Waals surface area contributed by atoms with Gasteiger partial charge in [0.05, 0.1) is 25.0 Å². The third kappa shape index (κ3) is 7.63. The van der Waals surface area contributed by atoms with Crippen LogP contribution < -0.4 is 30.2 Å². The number of carbonyl (C=O) groups excluding carboxylic acids is 1. The predicted octanol–water partition coefficient (Wildman–Crippen LogP) is 5.87. The first-order valence-electron chi connectivity index (χ1n) is 11.7. The topological polar surface area (TPSA) is 107 Å². The zero-order chi connectivity index (χ0) is 28.4. The van der Waals surface area contributed by atoms with Crippen LogP contribution in [0.4, 0.5) is 36.3 Å². The van der Waals surface area contributed by atoms with Gasteiger partial charge in [-0.2, -0.15) is 18.2 Å². The van der Waals surface area contributed by atoms with Gasteiger partial charge in [-0.1, -0.05) is 18.7 Å². The Hall–Kier alpha value is -4.74. The number of aromatic nitrogens is 2. The Labute approximate surface area is 223 Å². The molecule has 1 aromatic heterocycles. The molecular weight excluding hydrogens is 515 g/mol. The standard InChI is InChI=1S/C27H28F3N5O4/c1-5-7-13-38-18-9-10-21(19(15-18)25(36)31-3)34-24-20(27(28,29)30)16-32-26(35-24)33-17-8-11-22(37-4)23(14-17)39-12-6-2/h5-6,8-11,14-16H,1-2,7,12-13H2,3-4H3,(H,31,36)(H2,32,33,34,35). The first-order chi connectivity index (χ1) is 18.7. The zero-order valence-corrected chi connectivity index (χ0v) is 21.4. The fourth-order valence-corrected chi connectivity index (χ4v) is 3.32. The number of anilines is 4. The molecule has 1 amide bonds. The Kier molecular flexibility index (Phi) is 9.74. The first-order valence-corrected chi connectivity index (χ1v) is 11.7. The second-order valence-corrected chi connectivity index (χ2v) is 7.88. The van der Waals surface area contributed by atoms with E-state index in [2.05, 4.69) is 39.1 Å². The van der Waals surface area contributed by atoms with E-state index in [0.29, 0.717) is 42.2 Å². The van der Waals surface area contributed by atoms with E-state index >= 15 is 0 Å². The van der Waals surface area contributed by atoms with Crippen LogP contribution in [0.15, 0.2) is 67.9 Å². The van der Waals surface area contributed by atoms with Gasteiger partial charge in [0.2, 0.25) is 5.95 Å². The van der Waals surface area contributed by atoms with Crippen molar-refractivity contribution >= 4 is 29.0 Å². The lowest BCUT2D eigenvalue weighted by Gasteiger charge is -2.17. The van der Waals surface area contributed by atoms with Gasteiger partial charge in [-0.15, -0.1) is 6.58 Å². The summed E-state index contributed by atoms with van der Waals surface area (Å²) in [5, 5.41) is 7.98. The average Bonchev–Trinajstić information content (AvgIpc) is 2.92. The van der Waals surface area contributed by atoms with Gasteiger partial charge < -0.3 is 30.2 Å². The van der Waals surface area contributed by atoms with Gasteiger partial charge in [0.1, 0.15) is 23.7 Å². The molecule has 0 radical (unpaired) electrons. The SMILES string of the molecule is C=CCCOc1ccc(Nc2nc(Nc3ccc(OC)c(OCC=C)c3)ncc2C(F)(F)F)c(C(=O)NC)c1. The summed E-state index contributed by atoms with van der Waals surface area (Å²) < 4.78 is 57.9. The van der Waals surface area contributed by atoms with Crippen LogP contribution in [0.2, 0.25) is 0 Å². The van der Waals surface area contributed by atoms with Crippen LogP contribution in [0, 0.1) is 0 Å². The molecule has 3 N–H and O–H groups in total. The molecule has 39 heavy (non-hydrogen) atoms. The number of rotatable bonds is 13. The molecule has 3 aromatic rings. The summed E-state index contributed by atoms with van der Waals surface area (Å²) in [7, 11) is 2.89. The molecule has 206 valence electrons. The predicted molar refractivity (Wildman–Crippen MR) is 142 cm³/mol. The summed E-state index contributed by atoms with van der Waals surface area (Å²) in [5.74, 6) is 0.00217. The van der Waals surface area contributed by atoms with Crippen molar-refractivity contribution in [2.75, 3.05) is 38.0 Å². The second kappa shape index (κ2) is 13.2. The first kappa shape index (κ1) is 28.8. The number of amides is 1. The van der Waals surface area contributed by atoms with Gasteiger partial charge in [-0.05, 0) is 36.8 Å². The molecule has 0 saturated carbocycles. The lowest BCUT2D eigenvalue weighted by Crippen LogP contribution is -2.20. The maximum atomic E-state index is 13.8. The number of nitrogens with zero attached hydrogens (tertiary/aromatic N) is 2. The van der Waals surface area contributed by atoms with Gasteiger partial charge in [-0.3, -0.25) is 4.79 Å². The van der Waals surface area contributed by atoms with Crippen LogP contribution in [-0.2, 0) is 6.18 Å². The third-order valence-corrected chi connectivity index (χ3v) is 5.18. The summed E-state index contributed by atoms with van der Waals surface area (Å²) in [6.45, 7) is 7.77. The van der Waals surface area contributed by atoms with Crippen molar-refractivity contribution in [3.63, 3.8) is 0 Å². The molecule has 1 heterocycles. The van der Waals surface area contributed by atoms with Gasteiger partial charge >= 0.3 is 6.18 Å². The van der Waals surface area contributed by atoms with Gasteiger partial charge in [0, 0.05) is 25.0 Å². The quantitative estimate of drug-likeness (QED) is 0.182. The molecule has 0 bridgehead atoms. The van der Waals surface area contributed by atoms with E-state index in [0.717, 1.165) is 0 Å². The number of hydrogen-bond donors (Lipinski definition) is 3. The van der Waals surface area contributed by atoms with E-state index in [4.69, 9.17) is 14.2 Å². The van der Waals surface area contributed by atoms with Gasteiger partial charge in [0.25, 0.3) is 5.91 Å². The van der Waals surface area contributed by atoms with Crippen LogP contribution in [-0.4, -0.2) is 43.2 Å². The lowest BCUT2D eigenvalue weighted by atomic mass is 10.1. The number of carbonyl (C=O) groups is 1. The molecule has 0 aliphatic carbocycles. The molecule has 0 unspecified atom stereocenters. The Morgan fingerprint density at radius 3 is 2.51 bits per heavy atom. The van der Waals surface area contributed by atoms with Gasteiger partial charge in [0.15, 0.2) is 11.5 Å². The minimum atomic E-state index is -4.77. The van der Waals surface area contributed by atoms with E-state index in [1.54, 1.807) is 30.4 Å². The number of benzene rings is 2. The average molecular weight is 544 g/mol. The Balaban J connectivity index is 1.97. The molecule has 2 aromatic carbocycles. The third-order valence-electron chi connectivity index (χ3n) is 5.18. The molecule has 9 nitrogen and oxygen atoms in total. The minimum absolute atomic E-state index is 0.0639. The number of nitrogens with one attached hydrogen (secondary N) is 3. The highest BCUT2D eigenvalue weighted by molar-refractivity contribution is 6.00. The van der Waals surface area contributed by atoms with Crippen molar-refractivity contribution in [1.29, 1.82) is 0 Å². The van der Waals surface area contributed by atoms with E-state index in [1.165, 1.54) is 32.4 Å². The van der Waals surface area contributed by atoms with Crippen molar-refractivity contribution < 1.29 is 32.2 Å². The Morgan fingerprint density at radius 1 is 1.05 bits per heavy atom. The molecule has 0 saturated heterocycles. The molecule has 0 aliphatic heterocycles. The molecule has 3 rings (SSSR count). The number of methoxy groups -OCH3 is 1. The highest BCUT2D eigenvalue weighted by atomic mass is 19.4. The highest BCUT2D eigenvalue weighted by Crippen LogP contribution is 2.37. The van der Waals surface area contributed by atoms with E-state index < -0.39 is 23.5 Å². The largest absolute Gasteiger partial charge is 0.493 e. The molecule has 12 heteroatoms. The highest BCUT2D eigenvalue weighted by Gasteiger charge is 2.35. The van der Waals surface area contributed by atoms with Crippen LogP contribution in [0.3, 0.4) is 0 Å². The van der Waals surface area contributed by atoms with Crippen molar-refractivity contribution in [3.8, 4) is 17.2 Å². The molecule has 0 fully saturated rings. The Morgan fingerprint density at radius 2 is 1.85 bits per heavy atom. The number of halogens is 3. The maximum absolute atomic E-state index is 13.8. The zero-order valence-electron chi connectivity index (χ0n) is 21.4. The molecule has 0 aliphatic rings. The smallest absolute Gasteiger partial charge is 0.421 e. The fourth-order valence-electron chi connectivity index (χ4n) is 3.32. The summed E-state index contributed by atoms with van der Waals surface area (Å²) >= 11 is 0. The molecule has 0 spiro atoms. The normalized spacial score (nSPS) is 10.8. The maximum Gasteiger partial charge on any atom is 0.421 e. The van der Waals surface area contributed by atoms with E-state index in [9.17, 15) is 18.0 Å².